The van der Waals surface area contributed by atoms with Gasteiger partial charge in [-0.1, -0.05) is 54.1 Å². The number of nitrogens with zero attached hydrogens (tertiary/aromatic N) is 1. The zero-order valence-electron chi connectivity index (χ0n) is 16.2. The molecule has 0 fully saturated rings. The molecule has 0 unspecified atom stereocenters. The highest BCUT2D eigenvalue weighted by Gasteiger charge is 2.23. The highest BCUT2D eigenvalue weighted by atomic mass is 35.5. The van der Waals surface area contributed by atoms with Gasteiger partial charge in [-0.25, -0.2) is 8.42 Å². The fraction of sp³-hybridized carbons (Fsp3) is 0.0870. The normalized spacial score (nSPS) is 11.5. The van der Waals surface area contributed by atoms with Crippen molar-refractivity contribution in [2.24, 2.45) is 0 Å². The Morgan fingerprint density at radius 2 is 1.70 bits per heavy atom. The Labute approximate surface area is 179 Å². The van der Waals surface area contributed by atoms with Crippen LogP contribution in [0, 0.1) is 6.92 Å². The van der Waals surface area contributed by atoms with Crippen LogP contribution < -0.4 is 5.32 Å². The van der Waals surface area contributed by atoms with Gasteiger partial charge in [0.1, 0.15) is 6.54 Å². The second-order valence-electron chi connectivity index (χ2n) is 6.96. The molecule has 3 aromatic carbocycles. The Bertz CT molecular complexity index is 1350. The molecule has 0 saturated heterocycles. The van der Waals surface area contributed by atoms with E-state index in [-0.39, 0.29) is 22.2 Å². The predicted octanol–water partition coefficient (Wildman–Crippen LogP) is 5.07. The van der Waals surface area contributed by atoms with E-state index in [4.69, 9.17) is 11.6 Å². The number of rotatable bonds is 5. The summed E-state index contributed by atoms with van der Waals surface area (Å²) in [6.45, 7) is 1.85. The molecule has 0 aliphatic rings. The number of nitrogens with one attached hydrogen (secondary N) is 1. The average Bonchev–Trinajstić information content (AvgIpc) is 3.11. The lowest BCUT2D eigenvalue weighted by molar-refractivity contribution is -0.116. The van der Waals surface area contributed by atoms with Gasteiger partial charge in [-0.05, 0) is 42.8 Å². The monoisotopic (exact) mass is 438 g/mol. The van der Waals surface area contributed by atoms with Crippen LogP contribution >= 0.6 is 11.6 Å². The van der Waals surface area contributed by atoms with Crippen LogP contribution in [-0.2, 0) is 21.2 Å². The Morgan fingerprint density at radius 3 is 2.47 bits per heavy atom. The number of carbonyl (C=O) groups excluding carboxylic acids is 1. The first-order valence-electron chi connectivity index (χ1n) is 9.30. The van der Waals surface area contributed by atoms with E-state index in [0.29, 0.717) is 21.6 Å². The number of halogens is 1. The van der Waals surface area contributed by atoms with Crippen LogP contribution in [0.25, 0.3) is 10.9 Å². The van der Waals surface area contributed by atoms with Crippen molar-refractivity contribution in [2.75, 3.05) is 5.32 Å². The molecule has 1 heterocycles. The van der Waals surface area contributed by atoms with Gasteiger partial charge in [0.15, 0.2) is 0 Å². The highest BCUT2D eigenvalue weighted by molar-refractivity contribution is 7.91. The zero-order chi connectivity index (χ0) is 21.3. The van der Waals surface area contributed by atoms with Crippen molar-refractivity contribution < 1.29 is 13.2 Å². The average molecular weight is 439 g/mol. The molecule has 0 bridgehead atoms. The maximum absolute atomic E-state index is 13.2. The van der Waals surface area contributed by atoms with E-state index in [9.17, 15) is 13.2 Å². The SMILES string of the molecule is Cc1ccc(Cl)cc1NC(=O)Cn1cc(S(=O)(=O)c2ccccc2)c2ccccc21. The number of aryl methyl sites for hydroxylation is 1. The molecule has 1 aromatic heterocycles. The van der Waals surface area contributed by atoms with Crippen LogP contribution in [-0.4, -0.2) is 18.9 Å². The summed E-state index contributed by atoms with van der Waals surface area (Å²) >= 11 is 6.03. The third-order valence-electron chi connectivity index (χ3n) is 4.88. The number of anilines is 1. The summed E-state index contributed by atoms with van der Waals surface area (Å²) in [5, 5.41) is 3.95. The fourth-order valence-corrected chi connectivity index (χ4v) is 5.03. The summed E-state index contributed by atoms with van der Waals surface area (Å²) in [5.41, 5.74) is 2.18. The van der Waals surface area contributed by atoms with Crippen LogP contribution in [0.1, 0.15) is 5.56 Å². The second kappa shape index (κ2) is 7.97. The molecular formula is C23H19ClN2O3S. The smallest absolute Gasteiger partial charge is 0.244 e. The molecule has 4 rings (SSSR count). The van der Waals surface area contributed by atoms with Crippen LogP contribution in [0.4, 0.5) is 5.69 Å². The number of aromatic nitrogens is 1. The number of para-hydroxylation sites is 1. The topological polar surface area (TPSA) is 68.2 Å². The van der Waals surface area contributed by atoms with E-state index < -0.39 is 9.84 Å². The van der Waals surface area contributed by atoms with Gasteiger partial charge >= 0.3 is 0 Å². The zero-order valence-corrected chi connectivity index (χ0v) is 17.7. The number of carbonyl (C=O) groups is 1. The van der Waals surface area contributed by atoms with E-state index in [2.05, 4.69) is 5.32 Å². The third kappa shape index (κ3) is 3.84. The quantitative estimate of drug-likeness (QED) is 0.472. The molecule has 1 amide bonds. The first-order chi connectivity index (χ1) is 14.4. The number of benzene rings is 3. The van der Waals surface area contributed by atoms with E-state index in [1.807, 2.05) is 19.1 Å². The molecular weight excluding hydrogens is 420 g/mol. The van der Waals surface area contributed by atoms with Crippen molar-refractivity contribution in [2.45, 2.75) is 23.3 Å². The first kappa shape index (κ1) is 20.2. The molecule has 7 heteroatoms. The lowest BCUT2D eigenvalue weighted by Gasteiger charge is -2.10. The number of amides is 1. The summed E-state index contributed by atoms with van der Waals surface area (Å²) in [7, 11) is -3.72. The van der Waals surface area contributed by atoms with E-state index >= 15 is 0 Å². The molecule has 4 aromatic rings. The maximum Gasteiger partial charge on any atom is 0.244 e. The molecule has 0 radical (unpaired) electrons. The molecule has 0 aliphatic heterocycles. The highest BCUT2D eigenvalue weighted by Crippen LogP contribution is 2.30. The minimum absolute atomic E-state index is 0.0310. The molecule has 5 nitrogen and oxygen atoms in total. The van der Waals surface area contributed by atoms with Gasteiger partial charge in [0.25, 0.3) is 0 Å². The Balaban J connectivity index is 1.71. The molecule has 1 N–H and O–H groups in total. The summed E-state index contributed by atoms with van der Waals surface area (Å²) < 4.78 is 28.0. The number of fused-ring (bicyclic) bond motifs is 1. The first-order valence-corrected chi connectivity index (χ1v) is 11.2. The lowest BCUT2D eigenvalue weighted by Crippen LogP contribution is -2.18. The van der Waals surface area contributed by atoms with Gasteiger partial charge in [-0.2, -0.15) is 0 Å². The van der Waals surface area contributed by atoms with Gasteiger partial charge in [0.05, 0.1) is 9.79 Å². The summed E-state index contributed by atoms with van der Waals surface area (Å²) in [6, 6.07) is 20.7. The predicted molar refractivity (Wildman–Crippen MR) is 119 cm³/mol. The van der Waals surface area contributed by atoms with Crippen molar-refractivity contribution in [3.63, 3.8) is 0 Å². The summed E-state index contributed by atoms with van der Waals surface area (Å²) in [6.07, 6.45) is 1.53. The van der Waals surface area contributed by atoms with Gasteiger partial charge < -0.3 is 9.88 Å². The Hall–Kier alpha value is -3.09. The fourth-order valence-electron chi connectivity index (χ4n) is 3.36. The number of hydrogen-bond acceptors (Lipinski definition) is 3. The maximum atomic E-state index is 13.2. The molecule has 0 saturated carbocycles. The number of sulfone groups is 1. The third-order valence-corrected chi connectivity index (χ3v) is 6.91. The van der Waals surface area contributed by atoms with Gasteiger partial charge in [-0.15, -0.1) is 0 Å². The van der Waals surface area contributed by atoms with Crippen LogP contribution in [0.3, 0.4) is 0 Å². The van der Waals surface area contributed by atoms with Crippen molar-refractivity contribution in [3.8, 4) is 0 Å². The largest absolute Gasteiger partial charge is 0.337 e. The molecule has 0 aliphatic carbocycles. The molecule has 30 heavy (non-hydrogen) atoms. The van der Waals surface area contributed by atoms with E-state index in [0.717, 1.165) is 5.56 Å². The minimum atomic E-state index is -3.72. The van der Waals surface area contributed by atoms with E-state index in [1.165, 1.54) is 6.20 Å². The Morgan fingerprint density at radius 1 is 1.00 bits per heavy atom. The summed E-state index contributed by atoms with van der Waals surface area (Å²) in [5.74, 6) is -0.273. The number of hydrogen-bond donors (Lipinski definition) is 1. The van der Waals surface area contributed by atoms with Gasteiger partial charge in [0.2, 0.25) is 15.7 Å². The second-order valence-corrected chi connectivity index (χ2v) is 9.32. The van der Waals surface area contributed by atoms with Crippen molar-refractivity contribution in [3.05, 3.63) is 89.6 Å². The van der Waals surface area contributed by atoms with Crippen molar-refractivity contribution in [1.82, 2.24) is 4.57 Å². The van der Waals surface area contributed by atoms with Gasteiger partial charge in [0, 0.05) is 27.8 Å². The standard InChI is InChI=1S/C23H19ClN2O3S/c1-16-11-12-17(24)13-20(16)25-23(27)15-26-14-22(19-9-5-6-10-21(19)26)30(28,29)18-7-3-2-4-8-18/h2-14H,15H2,1H3,(H,25,27). The summed E-state index contributed by atoms with van der Waals surface area (Å²) in [4.78, 5) is 13.1. The molecule has 0 spiro atoms. The van der Waals surface area contributed by atoms with Gasteiger partial charge in [-0.3, -0.25) is 4.79 Å². The van der Waals surface area contributed by atoms with Crippen LogP contribution in [0.5, 0.6) is 0 Å². The van der Waals surface area contributed by atoms with Crippen LogP contribution in [0.15, 0.2) is 88.8 Å². The molecule has 152 valence electrons. The van der Waals surface area contributed by atoms with Crippen molar-refractivity contribution in [1.29, 1.82) is 0 Å². The van der Waals surface area contributed by atoms with Crippen molar-refractivity contribution >= 4 is 43.9 Å². The lowest BCUT2D eigenvalue weighted by atomic mass is 10.2. The minimum Gasteiger partial charge on any atom is -0.337 e. The Kier molecular flexibility index (Phi) is 5.37. The molecule has 0 atom stereocenters. The van der Waals surface area contributed by atoms with E-state index in [1.54, 1.807) is 65.2 Å². The van der Waals surface area contributed by atoms with Crippen LogP contribution in [0.2, 0.25) is 5.02 Å².